The SMILES string of the molecule is CC(=O)O[C@@H]1CC[C@@]2(C)[C@H](C1)C(=O)C[C@@H]1[C@H]2CC[C@]2(C)[C@@H]1CC[C@H]2[C@H](C)CCCC(C)C. The second kappa shape index (κ2) is 9.06. The molecule has 0 aliphatic heterocycles. The molecular formula is C29H48O3. The first kappa shape index (κ1) is 24.3. The number of esters is 1. The molecule has 0 spiro atoms. The Morgan fingerprint density at radius 2 is 1.69 bits per heavy atom. The van der Waals surface area contributed by atoms with Crippen LogP contribution in [0.4, 0.5) is 0 Å². The Morgan fingerprint density at radius 3 is 2.38 bits per heavy atom. The van der Waals surface area contributed by atoms with Gasteiger partial charge in [-0.15, -0.1) is 0 Å². The molecule has 0 saturated heterocycles. The maximum absolute atomic E-state index is 13.5. The highest BCUT2D eigenvalue weighted by Gasteiger charge is 2.62. The molecule has 182 valence electrons. The number of ketones is 1. The zero-order valence-electron chi connectivity index (χ0n) is 21.6. The minimum absolute atomic E-state index is 0.0533. The van der Waals surface area contributed by atoms with Crippen LogP contribution in [-0.4, -0.2) is 17.9 Å². The van der Waals surface area contributed by atoms with Crippen LogP contribution < -0.4 is 0 Å². The van der Waals surface area contributed by atoms with E-state index >= 15 is 0 Å². The standard InChI is InChI=1S/C29H48O3/c1-18(2)8-7-9-19(3)23-10-11-24-22-17-27(31)26-16-21(32-20(4)30)12-14-29(26,6)25(22)13-15-28(23,24)5/h18-19,21-26H,7-17H2,1-6H3/t19-,21-,22+,23+,24-,25-,26-,28+,29-/m1/s1. The minimum atomic E-state index is -0.201. The fourth-order valence-electron chi connectivity index (χ4n) is 9.37. The highest BCUT2D eigenvalue weighted by Crippen LogP contribution is 2.68. The van der Waals surface area contributed by atoms with Crippen molar-refractivity contribution in [3.63, 3.8) is 0 Å². The molecule has 0 N–H and O–H groups in total. The number of Topliss-reactive ketones (excluding diaryl/α,β-unsaturated/α-hetero) is 1. The molecule has 32 heavy (non-hydrogen) atoms. The fraction of sp³-hybridized carbons (Fsp3) is 0.931. The Labute approximate surface area is 196 Å². The van der Waals surface area contributed by atoms with Crippen molar-refractivity contribution in [1.29, 1.82) is 0 Å². The molecule has 0 aromatic heterocycles. The molecule has 4 aliphatic rings. The molecule has 0 amide bonds. The molecule has 3 heteroatoms. The number of fused-ring (bicyclic) bond motifs is 5. The summed E-state index contributed by atoms with van der Waals surface area (Å²) >= 11 is 0. The van der Waals surface area contributed by atoms with Gasteiger partial charge in [-0.2, -0.15) is 0 Å². The summed E-state index contributed by atoms with van der Waals surface area (Å²) in [5.41, 5.74) is 0.537. The van der Waals surface area contributed by atoms with Crippen LogP contribution in [0.15, 0.2) is 0 Å². The van der Waals surface area contributed by atoms with E-state index in [1.807, 2.05) is 0 Å². The summed E-state index contributed by atoms with van der Waals surface area (Å²) in [6.07, 6.45) is 12.9. The van der Waals surface area contributed by atoms with Gasteiger partial charge >= 0.3 is 5.97 Å². The van der Waals surface area contributed by atoms with Gasteiger partial charge in [0.05, 0.1) is 0 Å². The van der Waals surface area contributed by atoms with E-state index < -0.39 is 0 Å². The van der Waals surface area contributed by atoms with E-state index in [1.165, 1.54) is 51.9 Å². The van der Waals surface area contributed by atoms with Crippen molar-refractivity contribution in [2.45, 2.75) is 118 Å². The number of hydrogen-bond donors (Lipinski definition) is 0. The van der Waals surface area contributed by atoms with E-state index in [1.54, 1.807) is 0 Å². The Bertz CT molecular complexity index is 713. The van der Waals surface area contributed by atoms with Gasteiger partial charge in [-0.3, -0.25) is 9.59 Å². The quantitative estimate of drug-likeness (QED) is 0.406. The predicted molar refractivity (Wildman–Crippen MR) is 129 cm³/mol. The molecule has 0 aromatic rings. The third-order valence-electron chi connectivity index (χ3n) is 10.9. The van der Waals surface area contributed by atoms with Crippen LogP contribution in [0, 0.1) is 52.3 Å². The largest absolute Gasteiger partial charge is 0.463 e. The van der Waals surface area contributed by atoms with E-state index in [4.69, 9.17) is 4.74 Å². The van der Waals surface area contributed by atoms with E-state index in [2.05, 4.69) is 34.6 Å². The lowest BCUT2D eigenvalue weighted by Gasteiger charge is -2.60. The first-order valence-corrected chi connectivity index (χ1v) is 13.8. The number of carbonyl (C=O) groups is 2. The Hall–Kier alpha value is -0.860. The van der Waals surface area contributed by atoms with E-state index in [-0.39, 0.29) is 23.4 Å². The first-order chi connectivity index (χ1) is 15.1. The molecule has 0 radical (unpaired) electrons. The molecule has 4 saturated carbocycles. The third kappa shape index (κ3) is 4.20. The maximum atomic E-state index is 13.5. The molecule has 4 aliphatic carbocycles. The Kier molecular flexibility index (Phi) is 6.87. The van der Waals surface area contributed by atoms with Gasteiger partial charge in [0.15, 0.2) is 0 Å². The van der Waals surface area contributed by atoms with Gasteiger partial charge in [-0.1, -0.05) is 53.9 Å². The van der Waals surface area contributed by atoms with Crippen molar-refractivity contribution >= 4 is 11.8 Å². The molecule has 0 unspecified atom stereocenters. The van der Waals surface area contributed by atoms with Crippen molar-refractivity contribution in [3.05, 3.63) is 0 Å². The highest BCUT2D eigenvalue weighted by atomic mass is 16.5. The average Bonchev–Trinajstić information content (AvgIpc) is 3.06. The number of ether oxygens (including phenoxy) is 1. The summed E-state index contributed by atoms with van der Waals surface area (Å²) in [7, 11) is 0. The van der Waals surface area contributed by atoms with Gasteiger partial charge in [-0.25, -0.2) is 0 Å². The summed E-state index contributed by atoms with van der Waals surface area (Å²) in [5.74, 6) is 4.81. The lowest BCUT2D eigenvalue weighted by molar-refractivity contribution is -0.169. The topological polar surface area (TPSA) is 43.4 Å². The van der Waals surface area contributed by atoms with Gasteiger partial charge in [-0.05, 0) is 91.3 Å². The second-order valence-electron chi connectivity index (χ2n) is 13.1. The summed E-state index contributed by atoms with van der Waals surface area (Å²) in [6.45, 7) is 13.7. The van der Waals surface area contributed by atoms with Crippen LogP contribution in [0.1, 0.15) is 112 Å². The van der Waals surface area contributed by atoms with Crippen LogP contribution in [0.3, 0.4) is 0 Å². The molecule has 4 rings (SSSR count). The van der Waals surface area contributed by atoms with Crippen molar-refractivity contribution in [2.75, 3.05) is 0 Å². The van der Waals surface area contributed by atoms with Crippen LogP contribution in [0.5, 0.6) is 0 Å². The zero-order valence-corrected chi connectivity index (χ0v) is 21.6. The van der Waals surface area contributed by atoms with Gasteiger partial charge in [0.25, 0.3) is 0 Å². The normalized spacial score (nSPS) is 44.5. The monoisotopic (exact) mass is 444 g/mol. The summed E-state index contributed by atoms with van der Waals surface area (Å²) in [5, 5.41) is 0. The predicted octanol–water partition coefficient (Wildman–Crippen LogP) is 7.22. The third-order valence-corrected chi connectivity index (χ3v) is 10.9. The molecule has 4 fully saturated rings. The Morgan fingerprint density at radius 1 is 1.00 bits per heavy atom. The van der Waals surface area contributed by atoms with Crippen molar-refractivity contribution in [1.82, 2.24) is 0 Å². The molecule has 0 bridgehead atoms. The lowest BCUT2D eigenvalue weighted by Crippen LogP contribution is -2.57. The molecular weight excluding hydrogens is 396 g/mol. The Balaban J connectivity index is 1.48. The van der Waals surface area contributed by atoms with Crippen molar-refractivity contribution in [2.24, 2.45) is 52.3 Å². The molecule has 0 heterocycles. The van der Waals surface area contributed by atoms with E-state index in [0.717, 1.165) is 49.4 Å². The first-order valence-electron chi connectivity index (χ1n) is 13.8. The van der Waals surface area contributed by atoms with Gasteiger partial charge in [0.2, 0.25) is 0 Å². The van der Waals surface area contributed by atoms with E-state index in [9.17, 15) is 9.59 Å². The minimum Gasteiger partial charge on any atom is -0.463 e. The molecule has 0 aromatic carbocycles. The second-order valence-corrected chi connectivity index (χ2v) is 13.1. The highest BCUT2D eigenvalue weighted by molar-refractivity contribution is 5.83. The van der Waals surface area contributed by atoms with Crippen molar-refractivity contribution < 1.29 is 14.3 Å². The van der Waals surface area contributed by atoms with Crippen LogP contribution in [0.2, 0.25) is 0 Å². The maximum Gasteiger partial charge on any atom is 0.302 e. The average molecular weight is 445 g/mol. The molecule has 3 nitrogen and oxygen atoms in total. The lowest BCUT2D eigenvalue weighted by atomic mass is 9.44. The van der Waals surface area contributed by atoms with Gasteiger partial charge in [0, 0.05) is 19.3 Å². The summed E-state index contributed by atoms with van der Waals surface area (Å²) in [6, 6.07) is 0. The van der Waals surface area contributed by atoms with Gasteiger partial charge in [0.1, 0.15) is 11.9 Å². The smallest absolute Gasteiger partial charge is 0.302 e. The number of rotatable bonds is 6. The van der Waals surface area contributed by atoms with Crippen LogP contribution in [0.25, 0.3) is 0 Å². The van der Waals surface area contributed by atoms with E-state index in [0.29, 0.717) is 23.0 Å². The number of carbonyl (C=O) groups excluding carboxylic acids is 2. The number of hydrogen-bond acceptors (Lipinski definition) is 3. The van der Waals surface area contributed by atoms with Gasteiger partial charge < -0.3 is 4.74 Å². The molecule has 9 atom stereocenters. The van der Waals surface area contributed by atoms with Crippen molar-refractivity contribution in [3.8, 4) is 0 Å². The van der Waals surface area contributed by atoms with Crippen LogP contribution >= 0.6 is 0 Å². The summed E-state index contributed by atoms with van der Waals surface area (Å²) < 4.78 is 5.55. The zero-order chi connectivity index (χ0) is 23.3. The van der Waals surface area contributed by atoms with Crippen LogP contribution in [-0.2, 0) is 14.3 Å². The summed E-state index contributed by atoms with van der Waals surface area (Å²) in [4.78, 5) is 25.0. The fourth-order valence-corrected chi connectivity index (χ4v) is 9.37.